The molecule has 4 aromatic carbocycles. The maximum Gasteiger partial charge on any atom is 0.311 e. The van der Waals surface area contributed by atoms with Gasteiger partial charge in [-0.05, 0) is 75.9 Å². The molecule has 0 bridgehead atoms. The molecule has 178 valence electrons. The van der Waals surface area contributed by atoms with Crippen molar-refractivity contribution in [1.29, 1.82) is 0 Å². The Morgan fingerprint density at radius 1 is 1.00 bits per heavy atom. The molecule has 0 unspecified atom stereocenters. The zero-order valence-electron chi connectivity index (χ0n) is 18.6. The number of benzene rings is 4. The molecule has 1 heterocycles. The van der Waals surface area contributed by atoms with Gasteiger partial charge < -0.3 is 14.6 Å². The Morgan fingerprint density at radius 2 is 1.81 bits per heavy atom. The summed E-state index contributed by atoms with van der Waals surface area (Å²) < 4.78 is 6.34. The second kappa shape index (κ2) is 9.63. The molecular formula is C27H18BrN3O5. The summed E-state index contributed by atoms with van der Waals surface area (Å²) >= 11 is 3.28. The molecular weight excluding hydrogens is 526 g/mol. The minimum atomic E-state index is -0.605. The lowest BCUT2D eigenvalue weighted by Gasteiger charge is -2.06. The first-order valence-corrected chi connectivity index (χ1v) is 11.6. The molecule has 0 saturated heterocycles. The molecule has 2 N–H and O–H groups in total. The van der Waals surface area contributed by atoms with E-state index in [-0.39, 0.29) is 17.0 Å². The van der Waals surface area contributed by atoms with Crippen molar-refractivity contribution in [2.75, 3.05) is 0 Å². The molecule has 0 fully saturated rings. The van der Waals surface area contributed by atoms with E-state index in [1.807, 2.05) is 30.3 Å². The largest absolute Gasteiger partial charge is 0.507 e. The number of aromatic nitrogens is 1. The van der Waals surface area contributed by atoms with Gasteiger partial charge in [0.2, 0.25) is 11.6 Å². The Labute approximate surface area is 213 Å². The van der Waals surface area contributed by atoms with Crippen LogP contribution in [0.4, 0.5) is 11.4 Å². The van der Waals surface area contributed by atoms with Crippen molar-refractivity contribution in [2.45, 2.75) is 6.42 Å². The summed E-state index contributed by atoms with van der Waals surface area (Å²) in [6, 6.07) is 22.8. The molecule has 5 aromatic rings. The SMILES string of the molecule is O=[N+]([O-])c1cc(Cc2ccccc2)cc(C=Nc2ccc3oc(-c4ccc(O)c(Br)c4)nc3c2)c1O. The van der Waals surface area contributed by atoms with Crippen molar-refractivity contribution in [3.8, 4) is 23.0 Å². The molecule has 0 aliphatic carbocycles. The van der Waals surface area contributed by atoms with Crippen molar-refractivity contribution < 1.29 is 19.6 Å². The Bertz CT molecular complexity index is 1630. The van der Waals surface area contributed by atoms with Gasteiger partial charge in [0.05, 0.1) is 15.1 Å². The topological polar surface area (TPSA) is 122 Å². The number of aromatic hydroxyl groups is 2. The van der Waals surface area contributed by atoms with Crippen LogP contribution in [0.2, 0.25) is 0 Å². The second-order valence-corrected chi connectivity index (χ2v) is 8.92. The maximum absolute atomic E-state index is 11.5. The van der Waals surface area contributed by atoms with Crippen LogP contribution in [-0.2, 0) is 6.42 Å². The van der Waals surface area contributed by atoms with Gasteiger partial charge in [0.15, 0.2) is 5.58 Å². The van der Waals surface area contributed by atoms with Crippen LogP contribution in [0.3, 0.4) is 0 Å². The number of nitro groups is 1. The first-order valence-electron chi connectivity index (χ1n) is 10.8. The number of fused-ring (bicyclic) bond motifs is 1. The minimum absolute atomic E-state index is 0.114. The van der Waals surface area contributed by atoms with Crippen LogP contribution in [0.5, 0.6) is 11.5 Å². The number of phenols is 2. The highest BCUT2D eigenvalue weighted by Crippen LogP contribution is 2.33. The standard InChI is InChI=1S/C27H18BrN3O5/c28-21-13-18(6-8-24(21)32)27-30-22-14-20(7-9-25(22)36-27)29-15-19-11-17(10-16-4-2-1-3-5-16)12-23(26(19)33)31(34)35/h1-9,11-15,32-33H,10H2. The van der Waals surface area contributed by atoms with Crippen LogP contribution < -0.4 is 0 Å². The predicted molar refractivity (Wildman–Crippen MR) is 140 cm³/mol. The molecule has 8 nitrogen and oxygen atoms in total. The summed E-state index contributed by atoms with van der Waals surface area (Å²) in [6.07, 6.45) is 1.87. The summed E-state index contributed by atoms with van der Waals surface area (Å²) in [6.45, 7) is 0. The van der Waals surface area contributed by atoms with E-state index in [4.69, 9.17) is 4.42 Å². The Morgan fingerprint density at radius 3 is 2.56 bits per heavy atom. The third kappa shape index (κ3) is 4.82. The van der Waals surface area contributed by atoms with Gasteiger partial charge in [0, 0.05) is 23.4 Å². The molecule has 0 amide bonds. The van der Waals surface area contributed by atoms with E-state index in [9.17, 15) is 20.3 Å². The molecule has 0 atom stereocenters. The van der Waals surface area contributed by atoms with E-state index in [0.717, 1.165) is 5.56 Å². The number of rotatable bonds is 6. The van der Waals surface area contributed by atoms with Crippen LogP contribution in [0.25, 0.3) is 22.6 Å². The second-order valence-electron chi connectivity index (χ2n) is 8.07. The highest BCUT2D eigenvalue weighted by atomic mass is 79.9. The third-order valence-corrected chi connectivity index (χ3v) is 6.18. The summed E-state index contributed by atoms with van der Waals surface area (Å²) in [4.78, 5) is 19.8. The number of nitrogens with zero attached hydrogens (tertiary/aromatic N) is 3. The van der Waals surface area contributed by atoms with Crippen LogP contribution in [0.1, 0.15) is 16.7 Å². The van der Waals surface area contributed by atoms with Crippen molar-refractivity contribution >= 4 is 44.6 Å². The van der Waals surface area contributed by atoms with E-state index in [0.29, 0.717) is 44.7 Å². The van der Waals surface area contributed by atoms with Gasteiger partial charge in [-0.2, -0.15) is 0 Å². The zero-order chi connectivity index (χ0) is 25.2. The Kier molecular flexibility index (Phi) is 6.22. The lowest BCUT2D eigenvalue weighted by atomic mass is 10.0. The maximum atomic E-state index is 11.5. The van der Waals surface area contributed by atoms with E-state index in [1.165, 1.54) is 12.3 Å². The van der Waals surface area contributed by atoms with Crippen molar-refractivity contribution in [2.24, 2.45) is 4.99 Å². The molecule has 36 heavy (non-hydrogen) atoms. The first kappa shape index (κ1) is 23.3. The van der Waals surface area contributed by atoms with Crippen LogP contribution in [-0.4, -0.2) is 26.3 Å². The van der Waals surface area contributed by atoms with Crippen LogP contribution in [0.15, 0.2) is 92.7 Å². The summed E-state index contributed by atoms with van der Waals surface area (Å²) in [5.41, 5.74) is 3.88. The smallest absolute Gasteiger partial charge is 0.311 e. The number of oxazole rings is 1. The lowest BCUT2D eigenvalue weighted by Crippen LogP contribution is -1.97. The summed E-state index contributed by atoms with van der Waals surface area (Å²) in [5.74, 6) is 0.0554. The lowest BCUT2D eigenvalue weighted by molar-refractivity contribution is -0.385. The highest BCUT2D eigenvalue weighted by molar-refractivity contribution is 9.10. The van der Waals surface area contributed by atoms with Crippen LogP contribution >= 0.6 is 15.9 Å². The number of aliphatic imine (C=N–C) groups is 1. The zero-order valence-corrected chi connectivity index (χ0v) is 20.2. The van der Waals surface area contributed by atoms with Crippen molar-refractivity contribution in [1.82, 2.24) is 4.98 Å². The van der Waals surface area contributed by atoms with Crippen molar-refractivity contribution in [3.05, 3.63) is 110 Å². The van der Waals surface area contributed by atoms with E-state index >= 15 is 0 Å². The van der Waals surface area contributed by atoms with E-state index in [2.05, 4.69) is 25.9 Å². The third-order valence-electron chi connectivity index (χ3n) is 5.55. The minimum Gasteiger partial charge on any atom is -0.507 e. The number of nitro benzene ring substituents is 1. The Balaban J connectivity index is 1.46. The van der Waals surface area contributed by atoms with Gasteiger partial charge in [0.1, 0.15) is 11.3 Å². The van der Waals surface area contributed by atoms with Crippen molar-refractivity contribution in [3.63, 3.8) is 0 Å². The fourth-order valence-corrected chi connectivity index (χ4v) is 4.16. The number of phenolic OH excluding ortho intramolecular Hbond substituents is 2. The highest BCUT2D eigenvalue weighted by Gasteiger charge is 2.18. The van der Waals surface area contributed by atoms with Gasteiger partial charge >= 0.3 is 5.69 Å². The summed E-state index contributed by atoms with van der Waals surface area (Å²) in [5, 5.41) is 31.7. The predicted octanol–water partition coefficient (Wildman–Crippen LogP) is 6.92. The van der Waals surface area contributed by atoms with Gasteiger partial charge in [-0.25, -0.2) is 4.98 Å². The quantitative estimate of drug-likeness (QED) is 0.136. The average Bonchev–Trinajstić information content (AvgIpc) is 3.30. The molecule has 0 saturated carbocycles. The molecule has 5 rings (SSSR count). The Hall–Kier alpha value is -4.50. The number of hydrogen-bond acceptors (Lipinski definition) is 7. The molecule has 0 aliphatic heterocycles. The van der Waals surface area contributed by atoms with Gasteiger partial charge in [-0.1, -0.05) is 30.3 Å². The molecule has 0 spiro atoms. The van der Waals surface area contributed by atoms with Gasteiger partial charge in [-0.15, -0.1) is 0 Å². The van der Waals surface area contributed by atoms with Gasteiger partial charge in [0.25, 0.3) is 0 Å². The van der Waals surface area contributed by atoms with E-state index in [1.54, 1.807) is 42.5 Å². The summed E-state index contributed by atoms with van der Waals surface area (Å²) in [7, 11) is 0. The number of hydrogen-bond donors (Lipinski definition) is 2. The first-order chi connectivity index (χ1) is 17.4. The fourth-order valence-electron chi connectivity index (χ4n) is 3.78. The molecule has 0 radical (unpaired) electrons. The molecule has 9 heteroatoms. The monoisotopic (exact) mass is 543 g/mol. The normalized spacial score (nSPS) is 11.4. The molecule has 1 aromatic heterocycles. The fraction of sp³-hybridized carbons (Fsp3) is 0.0370. The van der Waals surface area contributed by atoms with Crippen LogP contribution in [0, 0.1) is 10.1 Å². The number of halogens is 1. The van der Waals surface area contributed by atoms with Gasteiger partial charge in [-0.3, -0.25) is 15.1 Å². The average molecular weight is 544 g/mol. The molecule has 0 aliphatic rings. The van der Waals surface area contributed by atoms with E-state index < -0.39 is 10.7 Å².